The number of rotatable bonds is 6. The molecule has 0 atom stereocenters. The van der Waals surface area contributed by atoms with E-state index in [1.807, 2.05) is 19.9 Å². The molecule has 0 aliphatic carbocycles. The third-order valence-electron chi connectivity index (χ3n) is 4.36. The number of nitrogens with one attached hydrogen (secondary N) is 1. The summed E-state index contributed by atoms with van der Waals surface area (Å²) in [4.78, 5) is 16.6. The molecule has 2 heterocycles. The van der Waals surface area contributed by atoms with Crippen molar-refractivity contribution in [3.05, 3.63) is 64.3 Å². The van der Waals surface area contributed by atoms with E-state index in [1.165, 1.54) is 9.25 Å². The van der Waals surface area contributed by atoms with E-state index in [1.54, 1.807) is 43.7 Å². The molecule has 3 rings (SSSR count). The molecule has 2 aromatic heterocycles. The molecule has 3 aromatic rings. The summed E-state index contributed by atoms with van der Waals surface area (Å²) in [5, 5.41) is 4.29. The second-order valence-corrected chi connectivity index (χ2v) is 8.04. The molecule has 0 saturated carbocycles. The summed E-state index contributed by atoms with van der Waals surface area (Å²) in [6, 6.07) is 8.54. The van der Waals surface area contributed by atoms with Gasteiger partial charge in [-0.3, -0.25) is 9.55 Å². The molecule has 9 heteroatoms. The van der Waals surface area contributed by atoms with E-state index in [2.05, 4.69) is 14.8 Å². The topological polar surface area (TPSA) is 98.9 Å². The first-order chi connectivity index (χ1) is 12.8. The van der Waals surface area contributed by atoms with E-state index in [4.69, 9.17) is 0 Å². The minimum atomic E-state index is -3.65. The van der Waals surface area contributed by atoms with Crippen molar-refractivity contribution >= 4 is 10.0 Å². The van der Waals surface area contributed by atoms with Gasteiger partial charge in [-0.1, -0.05) is 6.07 Å². The van der Waals surface area contributed by atoms with Gasteiger partial charge in [-0.25, -0.2) is 22.6 Å². The first-order valence-electron chi connectivity index (χ1n) is 8.41. The molecule has 0 bridgehead atoms. The smallest absolute Gasteiger partial charge is 0.278 e. The molecule has 0 fully saturated rings. The monoisotopic (exact) mass is 387 g/mol. The average Bonchev–Trinajstić information content (AvgIpc) is 2.93. The molecular weight excluding hydrogens is 366 g/mol. The third-order valence-corrected chi connectivity index (χ3v) is 5.82. The zero-order chi connectivity index (χ0) is 19.6. The van der Waals surface area contributed by atoms with Crippen molar-refractivity contribution in [2.45, 2.75) is 25.3 Å². The SMILES string of the molecule is Cc1ccc(S(=O)(=O)NCCn2nc(-c3cccnc3)n(C)c2=O)cc1C. The Labute approximate surface area is 157 Å². The van der Waals surface area contributed by atoms with Crippen LogP contribution in [0.25, 0.3) is 11.4 Å². The van der Waals surface area contributed by atoms with Gasteiger partial charge in [0.2, 0.25) is 10.0 Å². The molecule has 0 saturated heterocycles. The van der Waals surface area contributed by atoms with Crippen LogP contribution in [0.15, 0.2) is 52.4 Å². The Morgan fingerprint density at radius 3 is 2.59 bits per heavy atom. The first-order valence-corrected chi connectivity index (χ1v) is 9.89. The van der Waals surface area contributed by atoms with Crippen LogP contribution in [0.5, 0.6) is 0 Å². The molecule has 1 N–H and O–H groups in total. The highest BCUT2D eigenvalue weighted by molar-refractivity contribution is 7.89. The summed E-state index contributed by atoms with van der Waals surface area (Å²) in [6.45, 7) is 3.96. The van der Waals surface area contributed by atoms with Crippen LogP contribution in [0, 0.1) is 13.8 Å². The summed E-state index contributed by atoms with van der Waals surface area (Å²) in [7, 11) is -2.03. The van der Waals surface area contributed by atoms with Gasteiger partial charge in [0.15, 0.2) is 5.82 Å². The van der Waals surface area contributed by atoms with Crippen molar-refractivity contribution in [3.8, 4) is 11.4 Å². The van der Waals surface area contributed by atoms with Crippen LogP contribution in [-0.4, -0.2) is 34.3 Å². The highest BCUT2D eigenvalue weighted by Gasteiger charge is 2.16. The molecular formula is C18H21N5O3S. The highest BCUT2D eigenvalue weighted by atomic mass is 32.2. The molecule has 0 aliphatic rings. The Morgan fingerprint density at radius 1 is 1.15 bits per heavy atom. The van der Waals surface area contributed by atoms with Crippen LogP contribution >= 0.6 is 0 Å². The van der Waals surface area contributed by atoms with Crippen molar-refractivity contribution in [1.29, 1.82) is 0 Å². The van der Waals surface area contributed by atoms with Gasteiger partial charge >= 0.3 is 5.69 Å². The lowest BCUT2D eigenvalue weighted by Crippen LogP contribution is -2.31. The van der Waals surface area contributed by atoms with Crippen molar-refractivity contribution < 1.29 is 8.42 Å². The van der Waals surface area contributed by atoms with Crippen molar-refractivity contribution in [3.63, 3.8) is 0 Å². The predicted octanol–water partition coefficient (Wildman–Crippen LogP) is 1.24. The number of aromatic nitrogens is 4. The summed E-state index contributed by atoms with van der Waals surface area (Å²) < 4.78 is 30.0. The normalized spacial score (nSPS) is 11.7. The second kappa shape index (κ2) is 7.45. The number of pyridine rings is 1. The van der Waals surface area contributed by atoms with Crippen molar-refractivity contribution in [2.24, 2.45) is 7.05 Å². The number of aryl methyl sites for hydroxylation is 2. The van der Waals surface area contributed by atoms with Gasteiger partial charge in [0.05, 0.1) is 11.4 Å². The van der Waals surface area contributed by atoms with Gasteiger partial charge in [0.25, 0.3) is 0 Å². The fraction of sp³-hybridized carbons (Fsp3) is 0.278. The quantitative estimate of drug-likeness (QED) is 0.686. The zero-order valence-electron chi connectivity index (χ0n) is 15.4. The Hall–Kier alpha value is -2.78. The standard InChI is InChI=1S/C18H21N5O3S/c1-13-6-7-16(11-14(13)2)27(25,26)20-9-10-23-18(24)22(3)17(21-23)15-5-4-8-19-12-15/h4-8,11-12,20H,9-10H2,1-3H3. The van der Waals surface area contributed by atoms with Gasteiger partial charge in [0, 0.05) is 31.5 Å². The molecule has 8 nitrogen and oxygen atoms in total. The molecule has 27 heavy (non-hydrogen) atoms. The Kier molecular flexibility index (Phi) is 5.24. The summed E-state index contributed by atoms with van der Waals surface area (Å²) >= 11 is 0. The summed E-state index contributed by atoms with van der Waals surface area (Å²) in [5.74, 6) is 0.477. The molecule has 0 unspecified atom stereocenters. The fourth-order valence-electron chi connectivity index (χ4n) is 2.63. The maximum absolute atomic E-state index is 12.4. The maximum Gasteiger partial charge on any atom is 0.345 e. The van der Waals surface area contributed by atoms with Crippen LogP contribution in [0.2, 0.25) is 0 Å². The van der Waals surface area contributed by atoms with E-state index >= 15 is 0 Å². The summed E-state index contributed by atoms with van der Waals surface area (Å²) in [6.07, 6.45) is 3.26. The fourth-order valence-corrected chi connectivity index (χ4v) is 3.74. The summed E-state index contributed by atoms with van der Waals surface area (Å²) in [5.41, 5.74) is 2.32. The number of nitrogens with zero attached hydrogens (tertiary/aromatic N) is 4. The maximum atomic E-state index is 12.4. The minimum Gasteiger partial charge on any atom is -0.278 e. The third kappa shape index (κ3) is 3.99. The number of hydrogen-bond donors (Lipinski definition) is 1. The molecule has 1 aromatic carbocycles. The predicted molar refractivity (Wildman–Crippen MR) is 102 cm³/mol. The van der Waals surface area contributed by atoms with E-state index < -0.39 is 10.0 Å². The van der Waals surface area contributed by atoms with Crippen LogP contribution in [0.1, 0.15) is 11.1 Å². The molecule has 0 aliphatic heterocycles. The van der Waals surface area contributed by atoms with E-state index in [-0.39, 0.29) is 23.7 Å². The Morgan fingerprint density at radius 2 is 1.93 bits per heavy atom. The Balaban J connectivity index is 1.74. The van der Waals surface area contributed by atoms with Crippen LogP contribution in [0.4, 0.5) is 0 Å². The molecule has 0 spiro atoms. The largest absolute Gasteiger partial charge is 0.345 e. The molecule has 0 amide bonds. The Bertz CT molecular complexity index is 1120. The zero-order valence-corrected chi connectivity index (χ0v) is 16.2. The van der Waals surface area contributed by atoms with E-state index in [9.17, 15) is 13.2 Å². The van der Waals surface area contributed by atoms with Gasteiger partial charge in [0.1, 0.15) is 0 Å². The lowest BCUT2D eigenvalue weighted by Gasteiger charge is -2.08. The molecule has 142 valence electrons. The van der Waals surface area contributed by atoms with E-state index in [0.717, 1.165) is 11.1 Å². The average molecular weight is 387 g/mol. The lowest BCUT2D eigenvalue weighted by atomic mass is 10.1. The first kappa shape index (κ1) is 19.0. The van der Waals surface area contributed by atoms with Gasteiger partial charge in [-0.2, -0.15) is 0 Å². The highest BCUT2D eigenvalue weighted by Crippen LogP contribution is 2.15. The van der Waals surface area contributed by atoms with Crippen LogP contribution in [-0.2, 0) is 23.6 Å². The minimum absolute atomic E-state index is 0.0542. The van der Waals surface area contributed by atoms with Gasteiger partial charge < -0.3 is 0 Å². The van der Waals surface area contributed by atoms with Gasteiger partial charge in [-0.15, -0.1) is 5.10 Å². The number of benzene rings is 1. The van der Waals surface area contributed by atoms with E-state index in [0.29, 0.717) is 11.4 Å². The van der Waals surface area contributed by atoms with Crippen LogP contribution < -0.4 is 10.4 Å². The molecule has 0 radical (unpaired) electrons. The number of hydrogen-bond acceptors (Lipinski definition) is 5. The lowest BCUT2D eigenvalue weighted by molar-refractivity contribution is 0.551. The van der Waals surface area contributed by atoms with Crippen molar-refractivity contribution in [1.82, 2.24) is 24.1 Å². The van der Waals surface area contributed by atoms with Crippen molar-refractivity contribution in [2.75, 3.05) is 6.54 Å². The number of sulfonamides is 1. The second-order valence-electron chi connectivity index (χ2n) is 6.27. The van der Waals surface area contributed by atoms with Gasteiger partial charge in [-0.05, 0) is 49.2 Å². The van der Waals surface area contributed by atoms with Crippen LogP contribution in [0.3, 0.4) is 0 Å².